The number of rotatable bonds is 2. The number of hydrogen-bond acceptors (Lipinski definition) is 4. The minimum atomic E-state index is -1.00. The second-order valence-electron chi connectivity index (χ2n) is 4.55. The van der Waals surface area contributed by atoms with Crippen LogP contribution < -0.4 is 10.2 Å². The summed E-state index contributed by atoms with van der Waals surface area (Å²) >= 11 is 1.93. The van der Waals surface area contributed by atoms with E-state index in [4.69, 9.17) is 4.42 Å². The van der Waals surface area contributed by atoms with Crippen LogP contribution in [0.5, 0.6) is 0 Å². The number of anilines is 1. The number of carbonyl (C=O) groups excluding carboxylic acids is 3. The largest absolute Gasteiger partial charge is 0.451 e. The second kappa shape index (κ2) is 5.95. The molecule has 8 heteroatoms. The Morgan fingerprint density at radius 1 is 1.13 bits per heavy atom. The normalized spacial score (nSPS) is 16.9. The van der Waals surface area contributed by atoms with Crippen molar-refractivity contribution in [2.24, 2.45) is 0 Å². The molecule has 0 aliphatic carbocycles. The molecule has 1 aliphatic heterocycles. The van der Waals surface area contributed by atoms with Gasteiger partial charge in [0.15, 0.2) is 3.77 Å². The van der Waals surface area contributed by atoms with Crippen molar-refractivity contribution in [3.05, 3.63) is 57.3 Å². The molecular weight excluding hydrogens is 418 g/mol. The van der Waals surface area contributed by atoms with E-state index in [1.807, 2.05) is 27.9 Å². The van der Waals surface area contributed by atoms with E-state index in [2.05, 4.69) is 0 Å². The number of furan rings is 1. The molecule has 2 aromatic rings. The molecule has 0 unspecified atom stereocenters. The molecule has 6 nitrogen and oxygen atoms in total. The number of barbiturate groups is 1. The van der Waals surface area contributed by atoms with Gasteiger partial charge in [-0.3, -0.25) is 14.9 Å². The van der Waals surface area contributed by atoms with Crippen molar-refractivity contribution in [3.63, 3.8) is 0 Å². The number of amides is 4. The van der Waals surface area contributed by atoms with E-state index in [1.54, 1.807) is 12.1 Å². The van der Waals surface area contributed by atoms with E-state index in [9.17, 15) is 18.8 Å². The van der Waals surface area contributed by atoms with Crippen LogP contribution >= 0.6 is 22.6 Å². The van der Waals surface area contributed by atoms with Gasteiger partial charge in [-0.25, -0.2) is 14.1 Å². The summed E-state index contributed by atoms with van der Waals surface area (Å²) in [6.45, 7) is 0. The number of imide groups is 2. The van der Waals surface area contributed by atoms with Crippen LogP contribution in [0.4, 0.5) is 14.9 Å². The van der Waals surface area contributed by atoms with E-state index in [0.717, 1.165) is 6.07 Å². The molecule has 0 atom stereocenters. The van der Waals surface area contributed by atoms with Crippen LogP contribution in [0.2, 0.25) is 0 Å². The van der Waals surface area contributed by atoms with E-state index in [0.29, 0.717) is 8.67 Å². The Morgan fingerprint density at radius 2 is 1.87 bits per heavy atom. The maximum Gasteiger partial charge on any atom is 0.336 e. The molecule has 1 aromatic carbocycles. The Labute approximate surface area is 143 Å². The quantitative estimate of drug-likeness (QED) is 0.455. The standard InChI is InChI=1S/C15H8FIN2O4/c16-10-3-1-2-4-11(10)19-14(21)9(13(20)18-15(19)22)7-8-5-6-12(17)23-8/h1-7H,(H,18,20,22)/b9-7+. The fraction of sp³-hybridized carbons (Fsp3) is 0. The third-order valence-corrected chi connectivity index (χ3v) is 3.66. The number of para-hydroxylation sites is 1. The van der Waals surface area contributed by atoms with Gasteiger partial charge in [-0.05, 0) is 52.9 Å². The van der Waals surface area contributed by atoms with Gasteiger partial charge in [-0.1, -0.05) is 12.1 Å². The van der Waals surface area contributed by atoms with Gasteiger partial charge in [0.1, 0.15) is 17.2 Å². The van der Waals surface area contributed by atoms with Gasteiger partial charge in [0.2, 0.25) is 0 Å². The van der Waals surface area contributed by atoms with Gasteiger partial charge in [-0.2, -0.15) is 0 Å². The maximum atomic E-state index is 13.9. The molecule has 0 radical (unpaired) electrons. The second-order valence-corrected chi connectivity index (χ2v) is 5.61. The number of benzene rings is 1. The summed E-state index contributed by atoms with van der Waals surface area (Å²) in [5.74, 6) is -2.26. The van der Waals surface area contributed by atoms with Gasteiger partial charge in [-0.15, -0.1) is 0 Å². The van der Waals surface area contributed by atoms with Crippen molar-refractivity contribution >= 4 is 52.2 Å². The van der Waals surface area contributed by atoms with Gasteiger partial charge in [0.25, 0.3) is 11.8 Å². The number of carbonyl (C=O) groups is 3. The van der Waals surface area contributed by atoms with Gasteiger partial charge < -0.3 is 4.42 Å². The molecule has 1 fully saturated rings. The van der Waals surface area contributed by atoms with Crippen molar-refractivity contribution in [2.75, 3.05) is 4.90 Å². The first-order valence-electron chi connectivity index (χ1n) is 6.38. The summed E-state index contributed by atoms with van der Waals surface area (Å²) in [4.78, 5) is 36.9. The topological polar surface area (TPSA) is 79.6 Å². The summed E-state index contributed by atoms with van der Waals surface area (Å²) in [6.07, 6.45) is 1.21. The number of urea groups is 1. The highest BCUT2D eigenvalue weighted by atomic mass is 127. The first kappa shape index (κ1) is 15.4. The lowest BCUT2D eigenvalue weighted by Crippen LogP contribution is -2.54. The Hall–Kier alpha value is -2.49. The Morgan fingerprint density at radius 3 is 2.52 bits per heavy atom. The lowest BCUT2D eigenvalue weighted by atomic mass is 10.1. The van der Waals surface area contributed by atoms with Gasteiger partial charge >= 0.3 is 6.03 Å². The zero-order chi connectivity index (χ0) is 16.6. The van der Waals surface area contributed by atoms with Crippen LogP contribution in [0.15, 0.2) is 46.4 Å². The van der Waals surface area contributed by atoms with E-state index in [-0.39, 0.29) is 17.0 Å². The maximum absolute atomic E-state index is 13.9. The van der Waals surface area contributed by atoms with Crippen LogP contribution in [-0.4, -0.2) is 17.8 Å². The molecule has 116 valence electrons. The van der Waals surface area contributed by atoms with Crippen LogP contribution in [-0.2, 0) is 9.59 Å². The average Bonchev–Trinajstić information content (AvgIpc) is 2.91. The summed E-state index contributed by atoms with van der Waals surface area (Å²) < 4.78 is 19.7. The van der Waals surface area contributed by atoms with Gasteiger partial charge in [0.05, 0.1) is 5.69 Å². The highest BCUT2D eigenvalue weighted by Gasteiger charge is 2.38. The Kier molecular flexibility index (Phi) is 3.99. The van der Waals surface area contributed by atoms with Crippen LogP contribution in [0.3, 0.4) is 0 Å². The number of nitrogens with one attached hydrogen (secondary N) is 1. The van der Waals surface area contributed by atoms with Crippen molar-refractivity contribution < 1.29 is 23.2 Å². The van der Waals surface area contributed by atoms with Crippen LogP contribution in [0, 0.1) is 9.58 Å². The first-order valence-corrected chi connectivity index (χ1v) is 7.46. The minimum Gasteiger partial charge on any atom is -0.451 e. The summed E-state index contributed by atoms with van der Waals surface area (Å²) in [5.41, 5.74) is -0.555. The molecule has 23 heavy (non-hydrogen) atoms. The molecule has 1 aromatic heterocycles. The van der Waals surface area contributed by atoms with Gasteiger partial charge in [0, 0.05) is 0 Å². The van der Waals surface area contributed by atoms with E-state index in [1.165, 1.54) is 24.3 Å². The molecule has 4 amide bonds. The Balaban J connectivity index is 2.04. The molecule has 0 spiro atoms. The predicted molar refractivity (Wildman–Crippen MR) is 86.8 cm³/mol. The molecule has 0 saturated carbocycles. The third-order valence-electron chi connectivity index (χ3n) is 3.08. The predicted octanol–water partition coefficient (Wildman–Crippen LogP) is 2.69. The summed E-state index contributed by atoms with van der Waals surface area (Å²) in [7, 11) is 0. The molecule has 3 rings (SSSR count). The van der Waals surface area contributed by atoms with Crippen molar-refractivity contribution in [1.29, 1.82) is 0 Å². The zero-order valence-corrected chi connectivity index (χ0v) is 13.5. The summed E-state index contributed by atoms with van der Waals surface area (Å²) in [5, 5.41) is 2.01. The third kappa shape index (κ3) is 2.89. The molecule has 1 aliphatic rings. The number of halogens is 2. The molecular formula is C15H8FIN2O4. The highest BCUT2D eigenvalue weighted by molar-refractivity contribution is 14.1. The van der Waals surface area contributed by atoms with Crippen LogP contribution in [0.1, 0.15) is 5.76 Å². The zero-order valence-electron chi connectivity index (χ0n) is 11.4. The summed E-state index contributed by atoms with van der Waals surface area (Å²) in [6, 6.07) is 7.51. The average molecular weight is 426 g/mol. The van der Waals surface area contributed by atoms with E-state index < -0.39 is 23.7 Å². The minimum absolute atomic E-state index is 0.234. The highest BCUT2D eigenvalue weighted by Crippen LogP contribution is 2.24. The molecule has 2 heterocycles. The first-order chi connectivity index (χ1) is 11.0. The number of hydrogen-bond donors (Lipinski definition) is 1. The molecule has 1 saturated heterocycles. The number of nitrogens with zero attached hydrogens (tertiary/aromatic N) is 1. The fourth-order valence-corrected chi connectivity index (χ4v) is 2.49. The lowest BCUT2D eigenvalue weighted by molar-refractivity contribution is -0.122. The van der Waals surface area contributed by atoms with E-state index >= 15 is 0 Å². The SMILES string of the molecule is O=C1NC(=O)N(c2ccccc2F)C(=O)/C1=C/c1ccc(I)o1. The van der Waals surface area contributed by atoms with Crippen molar-refractivity contribution in [2.45, 2.75) is 0 Å². The van der Waals surface area contributed by atoms with Crippen molar-refractivity contribution in [1.82, 2.24) is 5.32 Å². The molecule has 0 bridgehead atoms. The monoisotopic (exact) mass is 426 g/mol. The molecule has 1 N–H and O–H groups in total. The van der Waals surface area contributed by atoms with Crippen LogP contribution in [0.25, 0.3) is 6.08 Å². The lowest BCUT2D eigenvalue weighted by Gasteiger charge is -2.26. The Bertz CT molecular complexity index is 859. The van der Waals surface area contributed by atoms with Crippen molar-refractivity contribution in [3.8, 4) is 0 Å². The fourth-order valence-electron chi connectivity index (χ4n) is 2.06. The smallest absolute Gasteiger partial charge is 0.336 e.